The number of hydrogen-bond acceptors (Lipinski definition) is 3. The summed E-state index contributed by atoms with van der Waals surface area (Å²) < 4.78 is 0. The number of halogens is 2. The van der Waals surface area contributed by atoms with E-state index in [2.05, 4.69) is 15.6 Å². The van der Waals surface area contributed by atoms with Crippen molar-refractivity contribution in [2.75, 3.05) is 13.1 Å². The zero-order valence-corrected chi connectivity index (χ0v) is 12.9. The Balaban J connectivity index is 0.00000162. The summed E-state index contributed by atoms with van der Waals surface area (Å²) in [5.74, 6) is -0.0105. The standard InChI is InChI=1S/C13H19N3O.2ClH/c1-9-5-6-12(10(2)15-9)13(17)16-11-4-3-7-14-8-11;;/h5-6,11,14H,3-4,7-8H2,1-2H3,(H,16,17);2*1H. The van der Waals surface area contributed by atoms with Gasteiger partial charge in [0.2, 0.25) is 0 Å². The van der Waals surface area contributed by atoms with E-state index in [1.165, 1.54) is 0 Å². The topological polar surface area (TPSA) is 54.0 Å². The molecule has 2 N–H and O–H groups in total. The van der Waals surface area contributed by atoms with Crippen LogP contribution < -0.4 is 10.6 Å². The second-order valence-electron chi connectivity index (χ2n) is 4.60. The smallest absolute Gasteiger partial charge is 0.253 e. The van der Waals surface area contributed by atoms with Crippen LogP contribution in [0.25, 0.3) is 0 Å². The molecule has 1 atom stereocenters. The summed E-state index contributed by atoms with van der Waals surface area (Å²) in [6.07, 6.45) is 2.17. The average molecular weight is 306 g/mol. The molecule has 1 aliphatic rings. The second kappa shape index (κ2) is 8.35. The van der Waals surface area contributed by atoms with E-state index in [1.807, 2.05) is 26.0 Å². The van der Waals surface area contributed by atoms with Gasteiger partial charge in [-0.3, -0.25) is 9.78 Å². The molecule has 1 aromatic heterocycles. The van der Waals surface area contributed by atoms with Crippen molar-refractivity contribution in [1.82, 2.24) is 15.6 Å². The first-order chi connectivity index (χ1) is 8.16. The van der Waals surface area contributed by atoms with Crippen molar-refractivity contribution in [1.29, 1.82) is 0 Å². The van der Waals surface area contributed by atoms with E-state index in [4.69, 9.17) is 0 Å². The third-order valence-electron chi connectivity index (χ3n) is 3.10. The first kappa shape index (κ1) is 18.2. The van der Waals surface area contributed by atoms with Gasteiger partial charge in [0.05, 0.1) is 11.3 Å². The van der Waals surface area contributed by atoms with Crippen LogP contribution >= 0.6 is 24.8 Å². The normalized spacial score (nSPS) is 17.9. The quantitative estimate of drug-likeness (QED) is 0.879. The van der Waals surface area contributed by atoms with Crippen molar-refractivity contribution in [2.45, 2.75) is 32.7 Å². The van der Waals surface area contributed by atoms with Gasteiger partial charge < -0.3 is 10.6 Å². The number of hydrogen-bond donors (Lipinski definition) is 2. The van der Waals surface area contributed by atoms with Crippen molar-refractivity contribution >= 4 is 30.7 Å². The summed E-state index contributed by atoms with van der Waals surface area (Å²) in [6.45, 7) is 5.72. The summed E-state index contributed by atoms with van der Waals surface area (Å²) >= 11 is 0. The van der Waals surface area contributed by atoms with Gasteiger partial charge in [-0.25, -0.2) is 0 Å². The third kappa shape index (κ3) is 4.97. The monoisotopic (exact) mass is 305 g/mol. The molecule has 0 aliphatic carbocycles. The number of aromatic nitrogens is 1. The summed E-state index contributed by atoms with van der Waals surface area (Å²) in [7, 11) is 0. The molecular weight excluding hydrogens is 285 g/mol. The summed E-state index contributed by atoms with van der Waals surface area (Å²) in [5.41, 5.74) is 2.42. The van der Waals surface area contributed by atoms with Crippen LogP contribution in [-0.4, -0.2) is 30.0 Å². The Morgan fingerprint density at radius 3 is 2.68 bits per heavy atom. The maximum absolute atomic E-state index is 12.1. The first-order valence-electron chi connectivity index (χ1n) is 6.12. The fourth-order valence-corrected chi connectivity index (χ4v) is 2.16. The maximum atomic E-state index is 12.1. The Bertz CT molecular complexity index is 420. The number of carbonyl (C=O) groups is 1. The first-order valence-corrected chi connectivity index (χ1v) is 6.12. The lowest BCUT2D eigenvalue weighted by molar-refractivity contribution is 0.0929. The van der Waals surface area contributed by atoms with E-state index < -0.39 is 0 Å². The molecule has 1 unspecified atom stereocenters. The van der Waals surface area contributed by atoms with Crippen molar-refractivity contribution in [3.8, 4) is 0 Å². The van der Waals surface area contributed by atoms with Crippen LogP contribution in [0.1, 0.15) is 34.6 Å². The van der Waals surface area contributed by atoms with Gasteiger partial charge in [-0.2, -0.15) is 0 Å². The molecule has 2 rings (SSSR count). The summed E-state index contributed by atoms with van der Waals surface area (Å²) in [5, 5.41) is 6.34. The molecule has 6 heteroatoms. The van der Waals surface area contributed by atoms with Crippen LogP contribution in [0.15, 0.2) is 12.1 Å². The molecule has 1 saturated heterocycles. The minimum absolute atomic E-state index is 0. The molecule has 1 fully saturated rings. The number of pyridine rings is 1. The van der Waals surface area contributed by atoms with Gasteiger partial charge in [-0.15, -0.1) is 24.8 Å². The van der Waals surface area contributed by atoms with E-state index in [0.717, 1.165) is 37.3 Å². The third-order valence-corrected chi connectivity index (χ3v) is 3.10. The fourth-order valence-electron chi connectivity index (χ4n) is 2.16. The van der Waals surface area contributed by atoms with E-state index in [-0.39, 0.29) is 36.8 Å². The lowest BCUT2D eigenvalue weighted by atomic mass is 10.1. The minimum atomic E-state index is -0.0105. The number of rotatable bonds is 2. The van der Waals surface area contributed by atoms with Gasteiger partial charge in [0.25, 0.3) is 5.91 Å². The lowest BCUT2D eigenvalue weighted by Gasteiger charge is -2.24. The van der Waals surface area contributed by atoms with E-state index in [0.29, 0.717) is 5.56 Å². The molecule has 0 radical (unpaired) electrons. The number of nitrogens with zero attached hydrogens (tertiary/aromatic N) is 1. The molecular formula is C13H21Cl2N3O. The molecule has 1 aliphatic heterocycles. The minimum Gasteiger partial charge on any atom is -0.348 e. The predicted molar refractivity (Wildman–Crippen MR) is 81.6 cm³/mol. The van der Waals surface area contributed by atoms with Crippen molar-refractivity contribution in [3.05, 3.63) is 29.1 Å². The average Bonchev–Trinajstić information content (AvgIpc) is 2.30. The van der Waals surface area contributed by atoms with Crippen LogP contribution in [0.3, 0.4) is 0 Å². The molecule has 2 heterocycles. The van der Waals surface area contributed by atoms with E-state index >= 15 is 0 Å². The number of amides is 1. The van der Waals surface area contributed by atoms with Crippen LogP contribution in [0.2, 0.25) is 0 Å². The number of nitrogens with one attached hydrogen (secondary N) is 2. The van der Waals surface area contributed by atoms with Gasteiger partial charge >= 0.3 is 0 Å². The zero-order valence-electron chi connectivity index (χ0n) is 11.2. The maximum Gasteiger partial charge on any atom is 0.253 e. The van der Waals surface area contributed by atoms with Gasteiger partial charge in [-0.05, 0) is 45.4 Å². The Morgan fingerprint density at radius 2 is 2.11 bits per heavy atom. The summed E-state index contributed by atoms with van der Waals surface area (Å²) in [6, 6.07) is 3.97. The molecule has 1 aromatic rings. The molecule has 1 amide bonds. The van der Waals surface area contributed by atoms with E-state index in [1.54, 1.807) is 0 Å². The SMILES string of the molecule is Cc1ccc(C(=O)NC2CCCNC2)c(C)n1.Cl.Cl. The van der Waals surface area contributed by atoms with Crippen molar-refractivity contribution < 1.29 is 4.79 Å². The number of carbonyl (C=O) groups excluding carboxylic acids is 1. The Kier molecular flexibility index (Phi) is 7.99. The Hall–Kier alpha value is -0.840. The highest BCUT2D eigenvalue weighted by Gasteiger charge is 2.17. The van der Waals surface area contributed by atoms with Crippen molar-refractivity contribution in [3.63, 3.8) is 0 Å². The van der Waals surface area contributed by atoms with Crippen LogP contribution in [0.5, 0.6) is 0 Å². The molecule has 19 heavy (non-hydrogen) atoms. The molecule has 0 spiro atoms. The highest BCUT2D eigenvalue weighted by Crippen LogP contribution is 2.08. The molecule has 108 valence electrons. The zero-order chi connectivity index (χ0) is 12.3. The summed E-state index contributed by atoms with van der Waals surface area (Å²) in [4.78, 5) is 16.4. The van der Waals surface area contributed by atoms with Crippen LogP contribution in [0.4, 0.5) is 0 Å². The second-order valence-corrected chi connectivity index (χ2v) is 4.60. The Morgan fingerprint density at radius 1 is 1.37 bits per heavy atom. The Labute approximate surface area is 126 Å². The number of aryl methyl sites for hydroxylation is 2. The molecule has 0 aromatic carbocycles. The molecule has 0 saturated carbocycles. The molecule has 0 bridgehead atoms. The van der Waals surface area contributed by atoms with Gasteiger partial charge in [0.1, 0.15) is 0 Å². The highest BCUT2D eigenvalue weighted by atomic mass is 35.5. The van der Waals surface area contributed by atoms with Crippen LogP contribution in [-0.2, 0) is 0 Å². The highest BCUT2D eigenvalue weighted by molar-refractivity contribution is 5.95. The lowest BCUT2D eigenvalue weighted by Crippen LogP contribution is -2.45. The van der Waals surface area contributed by atoms with Gasteiger partial charge in [0, 0.05) is 18.3 Å². The predicted octanol–water partition coefficient (Wildman–Crippen LogP) is 2.02. The number of piperidine rings is 1. The largest absolute Gasteiger partial charge is 0.348 e. The van der Waals surface area contributed by atoms with Crippen LogP contribution in [0, 0.1) is 13.8 Å². The van der Waals surface area contributed by atoms with Gasteiger partial charge in [-0.1, -0.05) is 0 Å². The molecule has 4 nitrogen and oxygen atoms in total. The van der Waals surface area contributed by atoms with Crippen molar-refractivity contribution in [2.24, 2.45) is 0 Å². The van der Waals surface area contributed by atoms with E-state index in [9.17, 15) is 4.79 Å². The van der Waals surface area contributed by atoms with Gasteiger partial charge in [0.15, 0.2) is 0 Å². The fraction of sp³-hybridized carbons (Fsp3) is 0.538.